The van der Waals surface area contributed by atoms with E-state index >= 15 is 0 Å². The van der Waals surface area contributed by atoms with Crippen molar-refractivity contribution in [1.29, 1.82) is 0 Å². The zero-order valence-corrected chi connectivity index (χ0v) is 14.5. The molecule has 138 valence electrons. The number of rotatable bonds is 3. The first-order valence-corrected chi connectivity index (χ1v) is 9.03. The number of carbonyl (C=O) groups is 2. The van der Waals surface area contributed by atoms with Crippen LogP contribution in [0.5, 0.6) is 0 Å². The fraction of sp³-hybridized carbons (Fsp3) is 0.889. The summed E-state index contributed by atoms with van der Waals surface area (Å²) in [5.74, 6) is 1.93. The SMILES string of the molecule is CCC1CC(=O)C1.O=C1CC(CO)C1.OCC1CC2(C1)OCCO2. The summed E-state index contributed by atoms with van der Waals surface area (Å²) in [5.41, 5.74) is 0. The predicted molar refractivity (Wildman–Crippen MR) is 87.3 cm³/mol. The molecule has 1 saturated heterocycles. The summed E-state index contributed by atoms with van der Waals surface area (Å²) in [5, 5.41) is 17.1. The minimum atomic E-state index is -0.270. The number of carbonyl (C=O) groups excluding carboxylic acids is 2. The first-order valence-electron chi connectivity index (χ1n) is 9.03. The lowest BCUT2D eigenvalue weighted by Gasteiger charge is -2.41. The molecule has 0 aromatic carbocycles. The molecule has 0 radical (unpaired) electrons. The summed E-state index contributed by atoms with van der Waals surface area (Å²) in [6.07, 6.45) is 5.87. The molecule has 4 aliphatic rings. The third-order valence-electron chi connectivity index (χ3n) is 5.17. The molecule has 3 saturated carbocycles. The minimum Gasteiger partial charge on any atom is -0.396 e. The second-order valence-electron chi connectivity index (χ2n) is 7.28. The van der Waals surface area contributed by atoms with Crippen LogP contribution in [0.25, 0.3) is 0 Å². The van der Waals surface area contributed by atoms with E-state index in [4.69, 9.17) is 19.7 Å². The van der Waals surface area contributed by atoms with Crippen LogP contribution in [0.15, 0.2) is 0 Å². The van der Waals surface area contributed by atoms with E-state index < -0.39 is 0 Å². The summed E-state index contributed by atoms with van der Waals surface area (Å²) < 4.78 is 10.8. The summed E-state index contributed by atoms with van der Waals surface area (Å²) >= 11 is 0. The first-order chi connectivity index (χ1) is 11.5. The van der Waals surface area contributed by atoms with Crippen LogP contribution in [-0.4, -0.2) is 54.0 Å². The fourth-order valence-corrected chi connectivity index (χ4v) is 3.27. The molecule has 0 atom stereocenters. The number of hydrogen-bond donors (Lipinski definition) is 2. The van der Waals surface area contributed by atoms with Crippen molar-refractivity contribution in [3.05, 3.63) is 0 Å². The van der Waals surface area contributed by atoms with E-state index in [0.717, 1.165) is 44.8 Å². The second-order valence-corrected chi connectivity index (χ2v) is 7.28. The quantitative estimate of drug-likeness (QED) is 0.807. The highest BCUT2D eigenvalue weighted by molar-refractivity contribution is 5.84. The smallest absolute Gasteiger partial charge is 0.169 e. The molecule has 4 fully saturated rings. The van der Waals surface area contributed by atoms with E-state index in [1.165, 1.54) is 6.42 Å². The molecule has 1 spiro atoms. The van der Waals surface area contributed by atoms with E-state index in [1.54, 1.807) is 0 Å². The molecule has 24 heavy (non-hydrogen) atoms. The summed E-state index contributed by atoms with van der Waals surface area (Å²) in [6.45, 7) is 4.04. The largest absolute Gasteiger partial charge is 0.396 e. The Bertz CT molecular complexity index is 381. The number of ketones is 2. The van der Waals surface area contributed by atoms with Crippen LogP contribution < -0.4 is 0 Å². The summed E-state index contributed by atoms with van der Waals surface area (Å²) in [7, 11) is 0. The Morgan fingerprint density at radius 1 is 0.875 bits per heavy atom. The Balaban J connectivity index is 0.000000134. The molecule has 1 heterocycles. The van der Waals surface area contributed by atoms with Gasteiger partial charge in [0.2, 0.25) is 0 Å². The van der Waals surface area contributed by atoms with Crippen molar-refractivity contribution in [3.8, 4) is 0 Å². The van der Waals surface area contributed by atoms with Crippen LogP contribution in [0, 0.1) is 17.8 Å². The average Bonchev–Trinajstić information content (AvgIpc) is 2.98. The van der Waals surface area contributed by atoms with Crippen molar-refractivity contribution in [3.63, 3.8) is 0 Å². The van der Waals surface area contributed by atoms with Crippen molar-refractivity contribution < 1.29 is 29.3 Å². The molecule has 0 aromatic rings. The maximum absolute atomic E-state index is 10.3. The Hall–Kier alpha value is -0.820. The van der Waals surface area contributed by atoms with E-state index in [1.807, 2.05) is 0 Å². The third-order valence-corrected chi connectivity index (χ3v) is 5.17. The zero-order chi connectivity index (χ0) is 17.6. The molecule has 1 aliphatic heterocycles. The lowest BCUT2D eigenvalue weighted by Crippen LogP contribution is -2.46. The van der Waals surface area contributed by atoms with Gasteiger partial charge in [0.25, 0.3) is 0 Å². The lowest BCUT2D eigenvalue weighted by molar-refractivity contribution is -0.234. The molecule has 6 nitrogen and oxygen atoms in total. The van der Waals surface area contributed by atoms with Crippen molar-refractivity contribution in [2.45, 2.75) is 57.7 Å². The maximum atomic E-state index is 10.3. The van der Waals surface area contributed by atoms with Gasteiger partial charge in [-0.1, -0.05) is 13.3 Å². The molecule has 4 rings (SSSR count). The molecule has 0 aromatic heterocycles. The molecule has 3 aliphatic carbocycles. The number of ether oxygens (including phenoxy) is 2. The van der Waals surface area contributed by atoms with Crippen LogP contribution in [0.4, 0.5) is 0 Å². The molecule has 6 heteroatoms. The van der Waals surface area contributed by atoms with Gasteiger partial charge in [0, 0.05) is 51.7 Å². The molecule has 0 unspecified atom stereocenters. The Labute approximate surface area is 143 Å². The van der Waals surface area contributed by atoms with Crippen molar-refractivity contribution in [2.75, 3.05) is 26.4 Å². The van der Waals surface area contributed by atoms with E-state index in [-0.39, 0.29) is 19.0 Å². The van der Waals surface area contributed by atoms with Gasteiger partial charge in [-0.15, -0.1) is 0 Å². The zero-order valence-electron chi connectivity index (χ0n) is 14.5. The Morgan fingerprint density at radius 3 is 1.62 bits per heavy atom. The van der Waals surface area contributed by atoms with Crippen molar-refractivity contribution in [2.24, 2.45) is 17.8 Å². The van der Waals surface area contributed by atoms with Crippen molar-refractivity contribution in [1.82, 2.24) is 0 Å². The van der Waals surface area contributed by atoms with Gasteiger partial charge in [0.1, 0.15) is 11.6 Å². The second kappa shape index (κ2) is 9.04. The number of aliphatic hydroxyl groups excluding tert-OH is 2. The van der Waals surface area contributed by atoms with E-state index in [9.17, 15) is 9.59 Å². The molecular formula is C18H30O6. The molecule has 2 N–H and O–H groups in total. The predicted octanol–water partition coefficient (Wildman–Crippen LogP) is 1.47. The van der Waals surface area contributed by atoms with Crippen LogP contribution >= 0.6 is 0 Å². The van der Waals surface area contributed by atoms with Gasteiger partial charge in [-0.05, 0) is 17.8 Å². The highest BCUT2D eigenvalue weighted by Gasteiger charge is 2.48. The van der Waals surface area contributed by atoms with E-state index in [2.05, 4.69) is 6.92 Å². The summed E-state index contributed by atoms with van der Waals surface area (Å²) in [6, 6.07) is 0. The standard InChI is InChI=1S/C7H12O3.C6H10O.C5H8O2/c8-5-6-3-7(4-6)9-1-2-10-7;1-2-5-3-6(7)4-5;6-3-4-1-5(7)2-4/h6,8H,1-5H2;5H,2-4H2,1H3;4,6H,1-3H2. The molecular weight excluding hydrogens is 312 g/mol. The van der Waals surface area contributed by atoms with Crippen molar-refractivity contribution >= 4 is 11.6 Å². The monoisotopic (exact) mass is 342 g/mol. The normalized spacial score (nSPS) is 25.8. The van der Waals surface area contributed by atoms with Gasteiger partial charge in [0.15, 0.2) is 5.79 Å². The number of hydrogen-bond acceptors (Lipinski definition) is 6. The maximum Gasteiger partial charge on any atom is 0.169 e. The van der Waals surface area contributed by atoms with Gasteiger partial charge in [-0.2, -0.15) is 0 Å². The van der Waals surface area contributed by atoms with Gasteiger partial charge >= 0.3 is 0 Å². The van der Waals surface area contributed by atoms with Crippen LogP contribution in [-0.2, 0) is 19.1 Å². The fourth-order valence-electron chi connectivity index (χ4n) is 3.27. The minimum absolute atomic E-state index is 0.186. The highest BCUT2D eigenvalue weighted by Crippen LogP contribution is 2.43. The van der Waals surface area contributed by atoms with Gasteiger partial charge < -0.3 is 19.7 Å². The van der Waals surface area contributed by atoms with E-state index in [0.29, 0.717) is 36.2 Å². The average molecular weight is 342 g/mol. The van der Waals surface area contributed by atoms with Crippen LogP contribution in [0.2, 0.25) is 0 Å². The number of Topliss-reactive ketones (excluding diaryl/α,β-unsaturated/α-hetero) is 2. The topological polar surface area (TPSA) is 93.1 Å². The lowest BCUT2D eigenvalue weighted by atomic mass is 9.79. The van der Waals surface area contributed by atoms with Gasteiger partial charge in [-0.25, -0.2) is 0 Å². The third kappa shape index (κ3) is 5.34. The highest BCUT2D eigenvalue weighted by atomic mass is 16.7. The Kier molecular flexibility index (Phi) is 7.34. The molecule has 0 amide bonds. The van der Waals surface area contributed by atoms with Crippen LogP contribution in [0.3, 0.4) is 0 Å². The first kappa shape index (κ1) is 19.5. The molecule has 0 bridgehead atoms. The van der Waals surface area contributed by atoms with Gasteiger partial charge in [-0.3, -0.25) is 9.59 Å². The van der Waals surface area contributed by atoms with Crippen LogP contribution in [0.1, 0.15) is 51.9 Å². The van der Waals surface area contributed by atoms with Gasteiger partial charge in [0.05, 0.1) is 13.2 Å². The number of aliphatic hydroxyl groups is 2. The summed E-state index contributed by atoms with van der Waals surface area (Å²) in [4.78, 5) is 20.4. The Morgan fingerprint density at radius 2 is 1.33 bits per heavy atom.